The number of nitrogens with one attached hydrogen (secondary N) is 1. The van der Waals surface area contributed by atoms with Crippen LogP contribution in [-0.2, 0) is 11.3 Å². The summed E-state index contributed by atoms with van der Waals surface area (Å²) in [7, 11) is 3.44. The summed E-state index contributed by atoms with van der Waals surface area (Å²) in [5.41, 5.74) is 2.11. The molecule has 2 rings (SSSR count). The Morgan fingerprint density at radius 1 is 1.38 bits per heavy atom. The first-order chi connectivity index (χ1) is 10.2. The summed E-state index contributed by atoms with van der Waals surface area (Å²) in [5.74, 6) is 0.895. The molecule has 0 radical (unpaired) electrons. The number of methoxy groups -OCH3 is 2. The number of rotatable bonds is 8. The number of aromatic nitrogens is 1. The molecule has 0 saturated carbocycles. The Morgan fingerprint density at radius 3 is 3.00 bits per heavy atom. The molecule has 1 aliphatic heterocycles. The van der Waals surface area contributed by atoms with E-state index in [1.54, 1.807) is 14.2 Å². The number of pyridine rings is 1. The highest BCUT2D eigenvalue weighted by Gasteiger charge is 2.24. The second-order valence-corrected chi connectivity index (χ2v) is 5.60. The van der Waals surface area contributed by atoms with E-state index in [1.807, 2.05) is 19.1 Å². The van der Waals surface area contributed by atoms with Crippen molar-refractivity contribution in [2.75, 3.05) is 40.5 Å². The van der Waals surface area contributed by atoms with Gasteiger partial charge in [0, 0.05) is 50.6 Å². The van der Waals surface area contributed by atoms with E-state index >= 15 is 0 Å². The Balaban J connectivity index is 1.90. The molecule has 1 fully saturated rings. The molecule has 0 spiro atoms. The van der Waals surface area contributed by atoms with E-state index in [0.717, 1.165) is 49.9 Å². The fourth-order valence-corrected chi connectivity index (χ4v) is 2.89. The molecule has 0 amide bonds. The smallest absolute Gasteiger partial charge is 0.122 e. The average Bonchev–Trinajstić information content (AvgIpc) is 2.90. The predicted octanol–water partition coefficient (Wildman–Crippen LogP) is 1.60. The summed E-state index contributed by atoms with van der Waals surface area (Å²) in [6, 6.07) is 4.60. The van der Waals surface area contributed by atoms with Crippen LogP contribution in [0.3, 0.4) is 0 Å². The van der Waals surface area contributed by atoms with Crippen molar-refractivity contribution in [3.05, 3.63) is 23.5 Å². The fraction of sp³-hybridized carbons (Fsp3) is 0.688. The molecule has 1 aliphatic rings. The minimum atomic E-state index is 0.593. The molecule has 21 heavy (non-hydrogen) atoms. The van der Waals surface area contributed by atoms with Gasteiger partial charge in [-0.2, -0.15) is 0 Å². The molecular formula is C16H27N3O2. The normalized spacial score (nSPS) is 19.1. The number of nitrogens with zero attached hydrogens (tertiary/aromatic N) is 2. The van der Waals surface area contributed by atoms with Crippen molar-refractivity contribution in [3.8, 4) is 5.75 Å². The van der Waals surface area contributed by atoms with E-state index in [-0.39, 0.29) is 0 Å². The zero-order valence-corrected chi connectivity index (χ0v) is 13.4. The highest BCUT2D eigenvalue weighted by atomic mass is 16.5. The monoisotopic (exact) mass is 293 g/mol. The Hall–Kier alpha value is -1.17. The van der Waals surface area contributed by atoms with Crippen LogP contribution in [0.5, 0.6) is 5.75 Å². The maximum atomic E-state index is 5.33. The van der Waals surface area contributed by atoms with Crippen LogP contribution in [-0.4, -0.2) is 56.4 Å². The summed E-state index contributed by atoms with van der Waals surface area (Å²) >= 11 is 0. The van der Waals surface area contributed by atoms with E-state index in [4.69, 9.17) is 9.47 Å². The summed E-state index contributed by atoms with van der Waals surface area (Å²) in [4.78, 5) is 7.14. The SMILES string of the molecule is COCCNCC1CCCN1Cc1cc(OC)cc(C)n1. The van der Waals surface area contributed by atoms with Crippen molar-refractivity contribution in [2.45, 2.75) is 32.4 Å². The van der Waals surface area contributed by atoms with E-state index in [2.05, 4.69) is 15.2 Å². The molecule has 1 aromatic rings. The number of likely N-dealkylation sites (tertiary alicyclic amines) is 1. The van der Waals surface area contributed by atoms with Gasteiger partial charge in [0.25, 0.3) is 0 Å². The van der Waals surface area contributed by atoms with Crippen molar-refractivity contribution < 1.29 is 9.47 Å². The molecule has 1 aromatic heterocycles. The van der Waals surface area contributed by atoms with Crippen molar-refractivity contribution in [1.29, 1.82) is 0 Å². The zero-order valence-electron chi connectivity index (χ0n) is 13.4. The van der Waals surface area contributed by atoms with Crippen LogP contribution < -0.4 is 10.1 Å². The van der Waals surface area contributed by atoms with Gasteiger partial charge in [-0.25, -0.2) is 0 Å². The third kappa shape index (κ3) is 4.95. The molecule has 5 heteroatoms. The van der Waals surface area contributed by atoms with Gasteiger partial charge in [-0.05, 0) is 26.3 Å². The van der Waals surface area contributed by atoms with Crippen LogP contribution in [0.15, 0.2) is 12.1 Å². The molecule has 0 aliphatic carbocycles. The van der Waals surface area contributed by atoms with Gasteiger partial charge in [-0.1, -0.05) is 0 Å². The Morgan fingerprint density at radius 2 is 2.24 bits per heavy atom. The molecule has 1 unspecified atom stereocenters. The Bertz CT molecular complexity index is 440. The lowest BCUT2D eigenvalue weighted by atomic mass is 10.2. The second-order valence-electron chi connectivity index (χ2n) is 5.60. The molecular weight excluding hydrogens is 266 g/mol. The van der Waals surface area contributed by atoms with Gasteiger partial charge >= 0.3 is 0 Å². The van der Waals surface area contributed by atoms with Crippen molar-refractivity contribution >= 4 is 0 Å². The average molecular weight is 293 g/mol. The van der Waals surface area contributed by atoms with Gasteiger partial charge < -0.3 is 14.8 Å². The third-order valence-electron chi connectivity index (χ3n) is 3.94. The fourth-order valence-electron chi connectivity index (χ4n) is 2.89. The van der Waals surface area contributed by atoms with Crippen LogP contribution in [0, 0.1) is 6.92 Å². The lowest BCUT2D eigenvalue weighted by molar-refractivity contribution is 0.190. The van der Waals surface area contributed by atoms with E-state index < -0.39 is 0 Å². The maximum absolute atomic E-state index is 5.33. The standard InChI is InChI=1S/C16H27N3O2/c1-13-9-16(21-3)10-14(18-13)12-19-7-4-5-15(19)11-17-6-8-20-2/h9-10,15,17H,4-8,11-12H2,1-3H3. The van der Waals surface area contributed by atoms with E-state index in [0.29, 0.717) is 6.04 Å². The summed E-state index contributed by atoms with van der Waals surface area (Å²) < 4.78 is 10.4. The Labute approximate surface area is 127 Å². The van der Waals surface area contributed by atoms with Crippen LogP contribution in [0.25, 0.3) is 0 Å². The number of aryl methyl sites for hydroxylation is 1. The molecule has 0 bridgehead atoms. The van der Waals surface area contributed by atoms with Crippen molar-refractivity contribution in [3.63, 3.8) is 0 Å². The zero-order chi connectivity index (χ0) is 15.1. The first-order valence-electron chi connectivity index (χ1n) is 7.68. The minimum Gasteiger partial charge on any atom is -0.497 e. The lowest BCUT2D eigenvalue weighted by Crippen LogP contribution is -2.38. The largest absolute Gasteiger partial charge is 0.497 e. The summed E-state index contributed by atoms with van der Waals surface area (Å²) in [6.07, 6.45) is 2.52. The molecule has 1 saturated heterocycles. The minimum absolute atomic E-state index is 0.593. The second kappa shape index (κ2) is 8.32. The van der Waals surface area contributed by atoms with E-state index in [1.165, 1.54) is 12.8 Å². The van der Waals surface area contributed by atoms with Gasteiger partial charge in [0.15, 0.2) is 0 Å². The van der Waals surface area contributed by atoms with Gasteiger partial charge in [-0.3, -0.25) is 9.88 Å². The van der Waals surface area contributed by atoms with Crippen LogP contribution in [0.2, 0.25) is 0 Å². The molecule has 1 atom stereocenters. The topological polar surface area (TPSA) is 46.6 Å². The molecule has 118 valence electrons. The van der Waals surface area contributed by atoms with Gasteiger partial charge in [0.1, 0.15) is 5.75 Å². The van der Waals surface area contributed by atoms with Crippen LogP contribution in [0.1, 0.15) is 24.2 Å². The maximum Gasteiger partial charge on any atom is 0.122 e. The van der Waals surface area contributed by atoms with Gasteiger partial charge in [0.05, 0.1) is 19.4 Å². The van der Waals surface area contributed by atoms with Crippen molar-refractivity contribution in [1.82, 2.24) is 15.2 Å². The van der Waals surface area contributed by atoms with E-state index in [9.17, 15) is 0 Å². The number of hydrogen-bond donors (Lipinski definition) is 1. The molecule has 0 aromatic carbocycles. The van der Waals surface area contributed by atoms with Crippen LogP contribution in [0.4, 0.5) is 0 Å². The highest BCUT2D eigenvalue weighted by molar-refractivity contribution is 5.26. The first-order valence-corrected chi connectivity index (χ1v) is 7.68. The molecule has 1 N–H and O–H groups in total. The first kappa shape index (κ1) is 16.2. The lowest BCUT2D eigenvalue weighted by Gasteiger charge is -2.24. The quantitative estimate of drug-likeness (QED) is 0.738. The number of hydrogen-bond acceptors (Lipinski definition) is 5. The van der Waals surface area contributed by atoms with Gasteiger partial charge in [-0.15, -0.1) is 0 Å². The third-order valence-corrected chi connectivity index (χ3v) is 3.94. The molecule has 5 nitrogen and oxygen atoms in total. The Kier molecular flexibility index (Phi) is 6.42. The summed E-state index contributed by atoms with van der Waals surface area (Å²) in [5, 5.41) is 3.47. The van der Waals surface area contributed by atoms with Crippen LogP contribution >= 0.6 is 0 Å². The summed E-state index contributed by atoms with van der Waals surface area (Å²) in [6.45, 7) is 6.76. The predicted molar refractivity (Wildman–Crippen MR) is 83.7 cm³/mol. The van der Waals surface area contributed by atoms with Gasteiger partial charge in [0.2, 0.25) is 0 Å². The van der Waals surface area contributed by atoms with Crippen molar-refractivity contribution in [2.24, 2.45) is 0 Å². The number of ether oxygens (including phenoxy) is 2. The molecule has 2 heterocycles. The highest BCUT2D eigenvalue weighted by Crippen LogP contribution is 2.21.